The second-order valence-electron chi connectivity index (χ2n) is 4.90. The third kappa shape index (κ3) is 3.82. The van der Waals surface area contributed by atoms with Gasteiger partial charge in [0.2, 0.25) is 0 Å². The average Bonchev–Trinajstić information content (AvgIpc) is 2.29. The summed E-state index contributed by atoms with van der Waals surface area (Å²) in [6.45, 7) is 4.61. The topological polar surface area (TPSA) is 29.3 Å². The first kappa shape index (κ1) is 15.7. The molecule has 18 heavy (non-hydrogen) atoms. The number of hydrogen-bond acceptors (Lipinski definition) is 2. The number of piperidine rings is 1. The van der Waals surface area contributed by atoms with Gasteiger partial charge < -0.3 is 5.73 Å². The van der Waals surface area contributed by atoms with E-state index < -0.39 is 0 Å². The monoisotopic (exact) mass is 292 g/mol. The van der Waals surface area contributed by atoms with Gasteiger partial charge >= 0.3 is 0 Å². The Morgan fingerprint density at radius 3 is 2.89 bits per heavy atom. The van der Waals surface area contributed by atoms with E-state index in [0.717, 1.165) is 19.5 Å². The van der Waals surface area contributed by atoms with E-state index in [9.17, 15) is 4.39 Å². The van der Waals surface area contributed by atoms with Crippen molar-refractivity contribution in [1.29, 1.82) is 0 Å². The number of nitrogens with zero attached hydrogens (tertiary/aromatic N) is 1. The van der Waals surface area contributed by atoms with Crippen molar-refractivity contribution in [3.05, 3.63) is 34.6 Å². The highest BCUT2D eigenvalue weighted by atomic mass is 35.5. The Bertz CT molecular complexity index is 401. The molecule has 102 valence electrons. The Hall–Kier alpha value is -0.350. The molecule has 2 nitrogen and oxygen atoms in total. The van der Waals surface area contributed by atoms with Crippen molar-refractivity contribution >= 4 is 24.0 Å². The number of rotatable bonds is 2. The third-order valence-corrected chi connectivity index (χ3v) is 3.69. The van der Waals surface area contributed by atoms with E-state index in [2.05, 4.69) is 11.8 Å². The van der Waals surface area contributed by atoms with Crippen LogP contribution in [0.3, 0.4) is 0 Å². The van der Waals surface area contributed by atoms with Crippen LogP contribution in [0.1, 0.15) is 18.9 Å². The molecule has 1 saturated heterocycles. The second-order valence-corrected chi connectivity index (χ2v) is 5.34. The molecular weight excluding hydrogens is 274 g/mol. The first-order valence-corrected chi connectivity index (χ1v) is 6.36. The predicted molar refractivity (Wildman–Crippen MR) is 75.7 cm³/mol. The lowest BCUT2D eigenvalue weighted by Crippen LogP contribution is -2.45. The summed E-state index contributed by atoms with van der Waals surface area (Å²) >= 11 is 5.88. The molecule has 5 heteroatoms. The molecule has 0 amide bonds. The highest BCUT2D eigenvalue weighted by Gasteiger charge is 2.23. The standard InChI is InChI=1S/C13H18ClFN2.ClH/c1-9-7-17(5-4-13(9)16)8-10-6-11(14)2-3-12(10)15;/h2-3,6,9,13H,4-5,7-8,16H2,1H3;1H. The molecule has 1 aliphatic rings. The molecule has 2 N–H and O–H groups in total. The molecular formula is C13H19Cl2FN2. The first-order chi connectivity index (χ1) is 8.06. The summed E-state index contributed by atoms with van der Waals surface area (Å²) in [6, 6.07) is 4.98. The molecule has 1 fully saturated rings. The Morgan fingerprint density at radius 2 is 2.22 bits per heavy atom. The SMILES string of the molecule is CC1CN(Cc2cc(Cl)ccc2F)CCC1N.Cl. The van der Waals surface area contributed by atoms with Gasteiger partial charge in [-0.3, -0.25) is 4.90 Å². The van der Waals surface area contributed by atoms with E-state index in [4.69, 9.17) is 17.3 Å². The average molecular weight is 293 g/mol. The molecule has 1 heterocycles. The van der Waals surface area contributed by atoms with Gasteiger partial charge in [0.1, 0.15) is 5.82 Å². The van der Waals surface area contributed by atoms with Crippen LogP contribution < -0.4 is 5.73 Å². The zero-order valence-electron chi connectivity index (χ0n) is 10.4. The number of halogens is 3. The minimum Gasteiger partial charge on any atom is -0.327 e. The van der Waals surface area contributed by atoms with Gasteiger partial charge in [0.05, 0.1) is 0 Å². The maximum Gasteiger partial charge on any atom is 0.127 e. The maximum atomic E-state index is 13.6. The first-order valence-electron chi connectivity index (χ1n) is 5.98. The molecule has 1 aromatic carbocycles. The predicted octanol–water partition coefficient (Wildman–Crippen LogP) is 3.07. The molecule has 2 rings (SSSR count). The van der Waals surface area contributed by atoms with Crippen molar-refractivity contribution in [3.63, 3.8) is 0 Å². The molecule has 0 saturated carbocycles. The molecule has 1 aromatic rings. The van der Waals surface area contributed by atoms with E-state index in [1.807, 2.05) is 0 Å². The van der Waals surface area contributed by atoms with Crippen LogP contribution in [-0.4, -0.2) is 24.0 Å². The molecule has 0 aliphatic carbocycles. The molecule has 0 bridgehead atoms. The van der Waals surface area contributed by atoms with E-state index in [1.54, 1.807) is 12.1 Å². The molecule has 1 aliphatic heterocycles. The van der Waals surface area contributed by atoms with Crippen LogP contribution in [0, 0.1) is 11.7 Å². The Balaban J connectivity index is 0.00000162. The van der Waals surface area contributed by atoms with Crippen molar-refractivity contribution in [2.45, 2.75) is 25.9 Å². The second kappa shape index (κ2) is 6.71. The molecule has 0 radical (unpaired) electrons. The zero-order chi connectivity index (χ0) is 12.4. The number of benzene rings is 1. The van der Waals surface area contributed by atoms with Crippen LogP contribution in [-0.2, 0) is 6.54 Å². The zero-order valence-corrected chi connectivity index (χ0v) is 12.0. The summed E-state index contributed by atoms with van der Waals surface area (Å²) in [5.74, 6) is 0.280. The van der Waals surface area contributed by atoms with Crippen LogP contribution >= 0.6 is 24.0 Å². The normalized spacial score (nSPS) is 24.7. The van der Waals surface area contributed by atoms with Gasteiger partial charge in [0, 0.05) is 29.7 Å². The van der Waals surface area contributed by atoms with Gasteiger partial charge in [0.15, 0.2) is 0 Å². The van der Waals surface area contributed by atoms with Crippen LogP contribution in [0.25, 0.3) is 0 Å². The van der Waals surface area contributed by atoms with Crippen molar-refractivity contribution < 1.29 is 4.39 Å². The lowest BCUT2D eigenvalue weighted by Gasteiger charge is -2.35. The van der Waals surface area contributed by atoms with Crippen molar-refractivity contribution in [2.75, 3.05) is 13.1 Å². The number of likely N-dealkylation sites (tertiary alicyclic amines) is 1. The van der Waals surface area contributed by atoms with Crippen LogP contribution in [0.5, 0.6) is 0 Å². The number of hydrogen-bond donors (Lipinski definition) is 1. The molecule has 2 unspecified atom stereocenters. The number of nitrogens with two attached hydrogens (primary N) is 1. The van der Waals surface area contributed by atoms with E-state index in [1.165, 1.54) is 6.07 Å². The maximum absolute atomic E-state index is 13.6. The van der Waals surface area contributed by atoms with Crippen LogP contribution in [0.2, 0.25) is 5.02 Å². The molecule has 0 spiro atoms. The summed E-state index contributed by atoms with van der Waals surface area (Å²) in [5, 5.41) is 0.586. The van der Waals surface area contributed by atoms with Gasteiger partial charge in [-0.05, 0) is 37.1 Å². The van der Waals surface area contributed by atoms with E-state index in [-0.39, 0.29) is 24.3 Å². The highest BCUT2D eigenvalue weighted by molar-refractivity contribution is 6.30. The smallest absolute Gasteiger partial charge is 0.127 e. The Morgan fingerprint density at radius 1 is 1.50 bits per heavy atom. The Labute approximate surface area is 119 Å². The molecule has 0 aromatic heterocycles. The van der Waals surface area contributed by atoms with Crippen LogP contribution in [0.15, 0.2) is 18.2 Å². The highest BCUT2D eigenvalue weighted by Crippen LogP contribution is 2.20. The minimum atomic E-state index is -0.183. The Kier molecular flexibility index (Phi) is 5.86. The van der Waals surface area contributed by atoms with Gasteiger partial charge in [-0.2, -0.15) is 0 Å². The van der Waals surface area contributed by atoms with E-state index >= 15 is 0 Å². The summed E-state index contributed by atoms with van der Waals surface area (Å²) in [6.07, 6.45) is 0.976. The summed E-state index contributed by atoms with van der Waals surface area (Å²) < 4.78 is 13.6. The lowest BCUT2D eigenvalue weighted by molar-refractivity contribution is 0.156. The largest absolute Gasteiger partial charge is 0.327 e. The van der Waals surface area contributed by atoms with Gasteiger partial charge in [-0.15, -0.1) is 12.4 Å². The summed E-state index contributed by atoms with van der Waals surface area (Å²) in [4.78, 5) is 2.24. The fourth-order valence-electron chi connectivity index (χ4n) is 2.30. The van der Waals surface area contributed by atoms with Crippen molar-refractivity contribution in [3.8, 4) is 0 Å². The van der Waals surface area contributed by atoms with Gasteiger partial charge in [0.25, 0.3) is 0 Å². The van der Waals surface area contributed by atoms with Gasteiger partial charge in [-0.25, -0.2) is 4.39 Å². The van der Waals surface area contributed by atoms with Gasteiger partial charge in [-0.1, -0.05) is 18.5 Å². The minimum absolute atomic E-state index is 0. The summed E-state index contributed by atoms with van der Waals surface area (Å²) in [5.41, 5.74) is 6.63. The van der Waals surface area contributed by atoms with E-state index in [0.29, 0.717) is 23.0 Å². The lowest BCUT2D eigenvalue weighted by atomic mass is 9.94. The fourth-order valence-corrected chi connectivity index (χ4v) is 2.49. The molecule has 2 atom stereocenters. The quantitative estimate of drug-likeness (QED) is 0.908. The summed E-state index contributed by atoms with van der Waals surface area (Å²) in [7, 11) is 0. The van der Waals surface area contributed by atoms with Crippen molar-refractivity contribution in [2.24, 2.45) is 11.7 Å². The fraction of sp³-hybridized carbons (Fsp3) is 0.538. The van der Waals surface area contributed by atoms with Crippen LogP contribution in [0.4, 0.5) is 4.39 Å². The third-order valence-electron chi connectivity index (χ3n) is 3.46. The van der Waals surface area contributed by atoms with Crippen molar-refractivity contribution in [1.82, 2.24) is 4.90 Å².